The number of aromatic nitrogens is 2. The van der Waals surface area contributed by atoms with E-state index in [1.807, 2.05) is 29.3 Å². The van der Waals surface area contributed by atoms with Crippen LogP contribution < -0.4 is 10.5 Å². The van der Waals surface area contributed by atoms with Crippen LogP contribution >= 0.6 is 22.7 Å². The van der Waals surface area contributed by atoms with E-state index in [1.54, 1.807) is 24.3 Å². The molecule has 0 saturated heterocycles. The van der Waals surface area contributed by atoms with Crippen LogP contribution in [0, 0.1) is 0 Å². The summed E-state index contributed by atoms with van der Waals surface area (Å²) in [5.41, 5.74) is 8.83. The zero-order valence-electron chi connectivity index (χ0n) is 17.1. The molecule has 0 aliphatic carbocycles. The molecule has 0 bridgehead atoms. The molecular weight excluding hydrogens is 456 g/mol. The first-order chi connectivity index (χ1) is 14.7. The molecule has 3 aromatic rings. The maximum atomic E-state index is 12.6. The largest absolute Gasteiger partial charge is 0.369 e. The summed E-state index contributed by atoms with van der Waals surface area (Å²) in [6, 6.07) is 6.59. The Bertz CT molecular complexity index is 1140. The number of rotatable bonds is 10. The van der Waals surface area contributed by atoms with Crippen molar-refractivity contribution in [3.63, 3.8) is 0 Å². The van der Waals surface area contributed by atoms with E-state index in [2.05, 4.69) is 4.98 Å². The van der Waals surface area contributed by atoms with E-state index in [1.165, 1.54) is 22.7 Å². The molecule has 0 aliphatic heterocycles. The second-order valence-corrected chi connectivity index (χ2v) is 9.96. The van der Waals surface area contributed by atoms with Gasteiger partial charge in [0.1, 0.15) is 5.01 Å². The lowest BCUT2D eigenvalue weighted by atomic mass is 9.86. The lowest BCUT2D eigenvalue weighted by Crippen LogP contribution is -2.28. The zero-order chi connectivity index (χ0) is 22.6. The van der Waals surface area contributed by atoms with Crippen molar-refractivity contribution < 1.29 is 17.8 Å². The van der Waals surface area contributed by atoms with Crippen molar-refractivity contribution in [3.05, 3.63) is 62.0 Å². The lowest BCUT2D eigenvalue weighted by molar-refractivity contribution is -0.120. The molecule has 1 aromatic carbocycles. The van der Waals surface area contributed by atoms with E-state index >= 15 is 0 Å². The molecule has 0 saturated carbocycles. The van der Waals surface area contributed by atoms with Crippen LogP contribution in [-0.4, -0.2) is 28.8 Å². The minimum atomic E-state index is -4.34. The molecule has 11 heteroatoms. The summed E-state index contributed by atoms with van der Waals surface area (Å²) < 4.78 is 33.0. The first kappa shape index (κ1) is 23.3. The number of amides is 1. The molecule has 2 aromatic heterocycles. The minimum absolute atomic E-state index is 0.240. The highest BCUT2D eigenvalue weighted by molar-refractivity contribution is 7.87. The number of hydrogen-bond donors (Lipinski definition) is 3. The number of nitrogens with one attached hydrogen (secondary N) is 1. The van der Waals surface area contributed by atoms with E-state index < -0.39 is 22.1 Å². The summed E-state index contributed by atoms with van der Waals surface area (Å²) in [4.78, 5) is 21.9. The van der Waals surface area contributed by atoms with Crippen molar-refractivity contribution in [1.29, 1.82) is 0 Å². The number of aryl methyl sites for hydroxylation is 2. The van der Waals surface area contributed by atoms with Crippen LogP contribution in [0.2, 0.25) is 0 Å². The maximum Gasteiger partial charge on any atom is 0.357 e. The van der Waals surface area contributed by atoms with Crippen LogP contribution in [0.15, 0.2) is 35.0 Å². The van der Waals surface area contributed by atoms with Gasteiger partial charge in [-0.3, -0.25) is 14.1 Å². The van der Waals surface area contributed by atoms with Gasteiger partial charge in [0.25, 0.3) is 0 Å². The number of anilines is 1. The Labute approximate surface area is 189 Å². The Kier molecular flexibility index (Phi) is 7.42. The van der Waals surface area contributed by atoms with Crippen LogP contribution in [-0.2, 0) is 34.4 Å². The van der Waals surface area contributed by atoms with Gasteiger partial charge >= 0.3 is 10.3 Å². The first-order valence-electron chi connectivity index (χ1n) is 9.72. The smallest absolute Gasteiger partial charge is 0.357 e. The summed E-state index contributed by atoms with van der Waals surface area (Å²) in [5.74, 6) is -1.39. The number of benzene rings is 1. The van der Waals surface area contributed by atoms with Crippen LogP contribution in [0.25, 0.3) is 0 Å². The molecule has 2 unspecified atom stereocenters. The number of thiazole rings is 2. The third-order valence-electron chi connectivity index (χ3n) is 4.81. The average molecular weight is 481 g/mol. The predicted molar refractivity (Wildman–Crippen MR) is 123 cm³/mol. The molecular formula is C20H24N4O4S3. The molecule has 2 atom stereocenters. The normalized spacial score (nSPS) is 13.6. The lowest BCUT2D eigenvalue weighted by Gasteiger charge is -2.22. The predicted octanol–water partition coefficient (Wildman–Crippen LogP) is 3.53. The zero-order valence-corrected chi connectivity index (χ0v) is 19.6. The van der Waals surface area contributed by atoms with E-state index in [0.717, 1.165) is 34.8 Å². The molecule has 2 heterocycles. The number of carbonyl (C=O) groups excluding carboxylic acids is 1. The van der Waals surface area contributed by atoms with E-state index in [9.17, 15) is 13.2 Å². The second-order valence-electron chi connectivity index (χ2n) is 7.03. The molecule has 3 rings (SSSR count). The monoisotopic (exact) mass is 480 g/mol. The highest BCUT2D eigenvalue weighted by Crippen LogP contribution is 2.38. The van der Waals surface area contributed by atoms with Crippen LogP contribution in [0.4, 0.5) is 5.69 Å². The highest BCUT2D eigenvalue weighted by atomic mass is 32.2. The summed E-state index contributed by atoms with van der Waals surface area (Å²) in [5, 5.41) is 5.41. The fourth-order valence-electron chi connectivity index (χ4n) is 3.23. The van der Waals surface area contributed by atoms with Crippen molar-refractivity contribution in [2.75, 3.05) is 4.72 Å². The van der Waals surface area contributed by atoms with Crippen LogP contribution in [0.5, 0.6) is 0 Å². The van der Waals surface area contributed by atoms with Crippen LogP contribution in [0.1, 0.15) is 52.6 Å². The average Bonchev–Trinajstić information content (AvgIpc) is 3.37. The molecule has 166 valence electrons. The molecule has 1 amide bonds. The quantitative estimate of drug-likeness (QED) is 0.380. The number of hydrogen-bond acceptors (Lipinski definition) is 7. The van der Waals surface area contributed by atoms with Gasteiger partial charge < -0.3 is 5.73 Å². The summed E-state index contributed by atoms with van der Waals surface area (Å²) >= 11 is 2.92. The Morgan fingerprint density at radius 2 is 1.61 bits per heavy atom. The van der Waals surface area contributed by atoms with Gasteiger partial charge in [-0.25, -0.2) is 9.97 Å². The molecule has 4 N–H and O–H groups in total. The van der Waals surface area contributed by atoms with Crippen molar-refractivity contribution in [3.8, 4) is 0 Å². The van der Waals surface area contributed by atoms with Gasteiger partial charge in [-0.15, -0.1) is 22.7 Å². The molecule has 0 aliphatic rings. The fourth-order valence-corrected chi connectivity index (χ4v) is 5.78. The number of carbonyl (C=O) groups is 1. The highest BCUT2D eigenvalue weighted by Gasteiger charge is 2.34. The van der Waals surface area contributed by atoms with Crippen molar-refractivity contribution in [1.82, 2.24) is 9.97 Å². The third kappa shape index (κ3) is 6.10. The number of nitrogens with two attached hydrogens (primary N) is 1. The Hall–Kier alpha value is -2.34. The van der Waals surface area contributed by atoms with Crippen molar-refractivity contribution in [2.45, 2.75) is 44.9 Å². The third-order valence-corrected chi connectivity index (χ3v) is 7.31. The number of nitrogens with zero attached hydrogens (tertiary/aromatic N) is 2. The fraction of sp³-hybridized carbons (Fsp3) is 0.350. The van der Waals surface area contributed by atoms with Gasteiger partial charge in [-0.05, 0) is 37.0 Å². The van der Waals surface area contributed by atoms with Gasteiger partial charge in [0.05, 0.1) is 28.0 Å². The standard InChI is InChI=1S/C20H24N4O4S3/c1-3-13-10-29-19(22-13)16(17(18(21)25)20-23-14(4-2)11-30-20)9-12-5-7-15(8-6-12)24-31(26,27)28/h5-8,10-11,16-17,24H,3-4,9H2,1-2H3,(H2,21,25)(H,26,27,28). The topological polar surface area (TPSA) is 135 Å². The summed E-state index contributed by atoms with van der Waals surface area (Å²) in [6.07, 6.45) is 2.03. The Balaban J connectivity index is 1.96. The van der Waals surface area contributed by atoms with E-state index in [0.29, 0.717) is 11.4 Å². The molecule has 0 radical (unpaired) electrons. The van der Waals surface area contributed by atoms with Crippen LogP contribution in [0.3, 0.4) is 0 Å². The first-order valence-corrected chi connectivity index (χ1v) is 12.9. The van der Waals surface area contributed by atoms with Gasteiger partial charge in [0, 0.05) is 16.7 Å². The van der Waals surface area contributed by atoms with Crippen molar-refractivity contribution >= 4 is 44.6 Å². The van der Waals surface area contributed by atoms with Gasteiger partial charge in [0.15, 0.2) is 0 Å². The minimum Gasteiger partial charge on any atom is -0.369 e. The number of primary amides is 1. The van der Waals surface area contributed by atoms with Gasteiger partial charge in [0.2, 0.25) is 5.91 Å². The van der Waals surface area contributed by atoms with Crippen molar-refractivity contribution in [2.24, 2.45) is 5.73 Å². The molecule has 0 fully saturated rings. The second kappa shape index (κ2) is 9.86. The van der Waals surface area contributed by atoms with Gasteiger partial charge in [-0.1, -0.05) is 26.0 Å². The van der Waals surface area contributed by atoms with E-state index in [-0.39, 0.29) is 11.6 Å². The van der Waals surface area contributed by atoms with E-state index in [4.69, 9.17) is 15.3 Å². The Morgan fingerprint density at radius 1 is 1.06 bits per heavy atom. The van der Waals surface area contributed by atoms with Gasteiger partial charge in [-0.2, -0.15) is 8.42 Å². The SMILES string of the molecule is CCc1csc(C(Cc2ccc(NS(=O)(=O)O)cc2)C(C(N)=O)c2nc(CC)cs2)n1. The summed E-state index contributed by atoms with van der Waals surface area (Å²) in [7, 11) is -4.34. The molecule has 8 nitrogen and oxygen atoms in total. The molecule has 0 spiro atoms. The molecule has 31 heavy (non-hydrogen) atoms. The Morgan fingerprint density at radius 3 is 2.10 bits per heavy atom. The maximum absolute atomic E-state index is 12.6. The summed E-state index contributed by atoms with van der Waals surface area (Å²) in [6.45, 7) is 4.03.